The van der Waals surface area contributed by atoms with E-state index < -0.39 is 0 Å². The lowest BCUT2D eigenvalue weighted by Crippen LogP contribution is -2.18. The fraction of sp³-hybridized carbons (Fsp3) is 0.667. The number of thiazole rings is 1. The van der Waals surface area contributed by atoms with Crippen LogP contribution in [0.3, 0.4) is 0 Å². The summed E-state index contributed by atoms with van der Waals surface area (Å²) in [6.07, 6.45) is 7.34. The molecule has 1 aromatic carbocycles. The lowest BCUT2D eigenvalue weighted by Gasteiger charge is -2.15. The molecule has 0 radical (unpaired) electrons. The Labute approximate surface area is 316 Å². The van der Waals surface area contributed by atoms with Gasteiger partial charge in [0.25, 0.3) is 0 Å². The van der Waals surface area contributed by atoms with Crippen molar-refractivity contribution in [2.24, 2.45) is 5.10 Å². The molecule has 2 aromatic heterocycles. The number of benzene rings is 1. The van der Waals surface area contributed by atoms with Crippen molar-refractivity contribution in [3.05, 3.63) is 46.6 Å². The molecule has 1 saturated carbocycles. The van der Waals surface area contributed by atoms with E-state index in [0.29, 0.717) is 117 Å². The first-order chi connectivity index (χ1) is 25.7. The molecular weight excluding hydrogens is 712 g/mol. The zero-order chi connectivity index (χ0) is 36.3. The molecule has 0 amide bonds. The van der Waals surface area contributed by atoms with Gasteiger partial charge in [-0.1, -0.05) is 35.9 Å². The third-order valence-electron chi connectivity index (χ3n) is 7.61. The predicted octanol–water partition coefficient (Wildman–Crippen LogP) is 5.53. The van der Waals surface area contributed by atoms with E-state index in [-0.39, 0.29) is 0 Å². The van der Waals surface area contributed by atoms with Gasteiger partial charge in [-0.25, -0.2) is 14.7 Å². The Bertz CT molecular complexity index is 1360. The van der Waals surface area contributed by atoms with E-state index in [9.17, 15) is 0 Å². The van der Waals surface area contributed by atoms with Gasteiger partial charge in [0.2, 0.25) is 5.13 Å². The average Bonchev–Trinajstić information content (AvgIpc) is 3.95. The molecule has 1 aliphatic carbocycles. The van der Waals surface area contributed by atoms with Gasteiger partial charge < -0.3 is 37.9 Å². The number of aromatic nitrogens is 4. The SMILES string of the molecule is CCCOCCOCCOCCOCCOCCOCCOCCOCCn1cc(CN(N=C2CCCC2)c2nc(-c3ccc(Cl)cc3)cs2)nn1. The van der Waals surface area contributed by atoms with E-state index in [0.717, 1.165) is 48.0 Å². The first-order valence-electron chi connectivity index (χ1n) is 18.3. The molecule has 0 unspecified atom stereocenters. The lowest BCUT2D eigenvalue weighted by molar-refractivity contribution is -0.0232. The second-order valence-corrected chi connectivity index (χ2v) is 13.1. The predicted molar refractivity (Wildman–Crippen MR) is 202 cm³/mol. The Morgan fingerprint density at radius 3 is 1.73 bits per heavy atom. The van der Waals surface area contributed by atoms with Crippen LogP contribution >= 0.6 is 22.9 Å². The van der Waals surface area contributed by atoms with Crippen LogP contribution in [0.2, 0.25) is 5.02 Å². The van der Waals surface area contributed by atoms with Crippen LogP contribution in [0.4, 0.5) is 5.13 Å². The van der Waals surface area contributed by atoms with Gasteiger partial charge in [0.15, 0.2) is 0 Å². The van der Waals surface area contributed by atoms with E-state index in [1.165, 1.54) is 18.6 Å². The van der Waals surface area contributed by atoms with Crippen LogP contribution in [0.5, 0.6) is 0 Å². The largest absolute Gasteiger partial charge is 0.379 e. The summed E-state index contributed by atoms with van der Waals surface area (Å²) in [5, 5.41) is 19.2. The molecule has 290 valence electrons. The summed E-state index contributed by atoms with van der Waals surface area (Å²) in [6.45, 7) is 11.9. The van der Waals surface area contributed by atoms with Gasteiger partial charge in [-0.05, 0) is 44.2 Å². The molecule has 0 bridgehead atoms. The van der Waals surface area contributed by atoms with Gasteiger partial charge >= 0.3 is 0 Å². The number of hydrazone groups is 1. The van der Waals surface area contributed by atoms with Gasteiger partial charge in [0, 0.05) is 28.3 Å². The molecule has 0 spiro atoms. The van der Waals surface area contributed by atoms with Crippen molar-refractivity contribution in [2.45, 2.75) is 52.1 Å². The smallest absolute Gasteiger partial charge is 0.206 e. The summed E-state index contributed by atoms with van der Waals surface area (Å²) in [5.74, 6) is 0. The normalized spacial score (nSPS) is 13.0. The molecule has 16 heteroatoms. The third kappa shape index (κ3) is 18.0. The molecule has 52 heavy (non-hydrogen) atoms. The Morgan fingerprint density at radius 1 is 0.712 bits per heavy atom. The Hall–Kier alpha value is -2.57. The molecule has 0 atom stereocenters. The van der Waals surface area contributed by atoms with Gasteiger partial charge in [-0.15, -0.1) is 16.4 Å². The lowest BCUT2D eigenvalue weighted by atomic mass is 10.2. The van der Waals surface area contributed by atoms with E-state index in [4.69, 9.17) is 59.6 Å². The second-order valence-electron chi connectivity index (χ2n) is 11.8. The van der Waals surface area contributed by atoms with Crippen molar-refractivity contribution in [3.63, 3.8) is 0 Å². The standard InChI is InChI=1S/C36H55ClN6O8S/c1-2-12-44-14-16-46-18-20-48-22-24-50-26-27-51-25-23-49-21-19-47-17-15-45-13-11-42-28-34(39-41-42)29-43(40-33-5-3-4-6-33)36-38-35(30-52-36)31-7-9-32(37)10-8-31/h7-10,28,30H,2-6,11-27,29H2,1H3. The molecule has 1 fully saturated rings. The quantitative estimate of drug-likeness (QED) is 0.0602. The second kappa shape index (κ2) is 27.1. The number of hydrogen-bond acceptors (Lipinski definition) is 14. The van der Waals surface area contributed by atoms with Crippen molar-refractivity contribution in [1.82, 2.24) is 20.0 Å². The Balaban J connectivity index is 0.961. The van der Waals surface area contributed by atoms with Gasteiger partial charge in [0.05, 0.1) is 124 Å². The minimum absolute atomic E-state index is 0.484. The number of hydrogen-bond donors (Lipinski definition) is 0. The van der Waals surface area contributed by atoms with E-state index in [2.05, 4.69) is 17.2 Å². The van der Waals surface area contributed by atoms with Crippen molar-refractivity contribution >= 4 is 33.8 Å². The summed E-state index contributed by atoms with van der Waals surface area (Å²) in [7, 11) is 0. The molecule has 0 saturated heterocycles. The zero-order valence-corrected chi connectivity index (χ0v) is 32.0. The van der Waals surface area contributed by atoms with Crippen molar-refractivity contribution in [3.8, 4) is 11.3 Å². The van der Waals surface area contributed by atoms with Crippen LogP contribution in [-0.2, 0) is 51.0 Å². The summed E-state index contributed by atoms with van der Waals surface area (Å²) >= 11 is 7.64. The van der Waals surface area contributed by atoms with Crippen LogP contribution < -0.4 is 5.01 Å². The fourth-order valence-electron chi connectivity index (χ4n) is 4.95. The maximum atomic E-state index is 6.07. The van der Waals surface area contributed by atoms with E-state index in [1.807, 2.05) is 40.9 Å². The van der Waals surface area contributed by atoms with Crippen molar-refractivity contribution in [1.29, 1.82) is 0 Å². The van der Waals surface area contributed by atoms with E-state index in [1.54, 1.807) is 16.0 Å². The first kappa shape index (κ1) is 42.2. The van der Waals surface area contributed by atoms with Gasteiger partial charge in [-0.2, -0.15) is 5.10 Å². The van der Waals surface area contributed by atoms with Gasteiger partial charge in [-0.3, -0.25) is 0 Å². The van der Waals surface area contributed by atoms with Crippen LogP contribution in [-0.4, -0.2) is 131 Å². The molecule has 0 N–H and O–H groups in total. The zero-order valence-electron chi connectivity index (χ0n) is 30.5. The van der Waals surface area contributed by atoms with Crippen LogP contribution in [0.1, 0.15) is 44.7 Å². The Kier molecular flexibility index (Phi) is 22.0. The highest BCUT2D eigenvalue weighted by atomic mass is 35.5. The maximum Gasteiger partial charge on any atom is 0.206 e. The van der Waals surface area contributed by atoms with Crippen molar-refractivity contribution < 1.29 is 37.9 Å². The highest BCUT2D eigenvalue weighted by Crippen LogP contribution is 2.30. The summed E-state index contributed by atoms with van der Waals surface area (Å²) in [5.41, 5.74) is 3.93. The van der Waals surface area contributed by atoms with Gasteiger partial charge in [0.1, 0.15) is 5.69 Å². The number of halogens is 1. The minimum atomic E-state index is 0.484. The van der Waals surface area contributed by atoms with Crippen LogP contribution in [0.25, 0.3) is 11.3 Å². The number of anilines is 1. The fourth-order valence-corrected chi connectivity index (χ4v) is 5.86. The average molecular weight is 767 g/mol. The highest BCUT2D eigenvalue weighted by molar-refractivity contribution is 7.14. The monoisotopic (exact) mass is 766 g/mol. The summed E-state index contributed by atoms with van der Waals surface area (Å²) in [4.78, 5) is 4.88. The van der Waals surface area contributed by atoms with Crippen molar-refractivity contribution in [2.75, 3.05) is 111 Å². The van der Waals surface area contributed by atoms with E-state index >= 15 is 0 Å². The topological polar surface area (TPSA) is 133 Å². The minimum Gasteiger partial charge on any atom is -0.379 e. The maximum absolute atomic E-state index is 6.07. The molecule has 2 heterocycles. The summed E-state index contributed by atoms with van der Waals surface area (Å²) in [6, 6.07) is 7.71. The molecular formula is C36H55ClN6O8S. The molecule has 1 aliphatic rings. The molecule has 14 nitrogen and oxygen atoms in total. The molecule has 4 rings (SSSR count). The number of rotatable bonds is 31. The summed E-state index contributed by atoms with van der Waals surface area (Å²) < 4.78 is 45.9. The third-order valence-corrected chi connectivity index (χ3v) is 8.72. The molecule has 3 aromatic rings. The highest BCUT2D eigenvalue weighted by Gasteiger charge is 2.17. The van der Waals surface area contributed by atoms with Crippen LogP contribution in [0, 0.1) is 0 Å². The molecule has 0 aliphatic heterocycles. The van der Waals surface area contributed by atoms with Crippen LogP contribution in [0.15, 0.2) is 40.9 Å². The number of ether oxygens (including phenoxy) is 8. The Morgan fingerprint density at radius 2 is 1.21 bits per heavy atom. The number of nitrogens with zero attached hydrogens (tertiary/aromatic N) is 6. The first-order valence-corrected chi connectivity index (χ1v) is 19.5.